The highest BCUT2D eigenvalue weighted by Crippen LogP contribution is 2.35. The quantitative estimate of drug-likeness (QED) is 0.663. The van der Waals surface area contributed by atoms with Crippen LogP contribution in [0.25, 0.3) is 22.4 Å². The van der Waals surface area contributed by atoms with Crippen LogP contribution in [0.2, 0.25) is 0 Å². The highest BCUT2D eigenvalue weighted by atomic mass is 15.3. The Kier molecular flexibility index (Phi) is 4.18. The van der Waals surface area contributed by atoms with E-state index in [4.69, 9.17) is 0 Å². The van der Waals surface area contributed by atoms with E-state index < -0.39 is 0 Å². The second kappa shape index (κ2) is 6.16. The van der Waals surface area contributed by atoms with E-state index in [2.05, 4.69) is 81.2 Å². The minimum atomic E-state index is 0.900. The zero-order valence-corrected chi connectivity index (χ0v) is 15.2. The first kappa shape index (κ1) is 16.3. The number of rotatable bonds is 2. The van der Waals surface area contributed by atoms with Gasteiger partial charge in [-0.15, -0.1) is 10.2 Å². The van der Waals surface area contributed by atoms with Crippen molar-refractivity contribution in [1.82, 2.24) is 15.4 Å². The molecule has 0 N–H and O–H groups in total. The predicted octanol–water partition coefficient (Wildman–Crippen LogP) is 5.06. The average molecular weight is 317 g/mol. The fourth-order valence-electron chi connectivity index (χ4n) is 3.13. The number of nitrogens with zero attached hydrogens (tertiary/aromatic N) is 3. The minimum Gasteiger partial charge on any atom is -0.138 e. The molecule has 0 radical (unpaired) electrons. The standard InChI is InChI=1S/C21H23N3/c1-12-7-9-18(16(5)14(12)3)20-11-22-24-23-21(20)19-10-8-13(2)15(4)17(19)6/h7-11H,1-6H3. The summed E-state index contributed by atoms with van der Waals surface area (Å²) in [6.07, 6.45) is 1.83. The fraction of sp³-hybridized carbons (Fsp3) is 0.286. The molecule has 24 heavy (non-hydrogen) atoms. The topological polar surface area (TPSA) is 38.7 Å². The Balaban J connectivity index is 2.28. The van der Waals surface area contributed by atoms with Crippen molar-refractivity contribution >= 4 is 0 Å². The van der Waals surface area contributed by atoms with Gasteiger partial charge in [0.25, 0.3) is 0 Å². The van der Waals surface area contributed by atoms with E-state index in [1.54, 1.807) is 0 Å². The van der Waals surface area contributed by atoms with Crippen molar-refractivity contribution in [2.45, 2.75) is 41.5 Å². The van der Waals surface area contributed by atoms with Gasteiger partial charge in [0.15, 0.2) is 0 Å². The molecule has 0 fully saturated rings. The Hall–Kier alpha value is -2.55. The van der Waals surface area contributed by atoms with Crippen LogP contribution in [0.1, 0.15) is 33.4 Å². The summed E-state index contributed by atoms with van der Waals surface area (Å²) in [6, 6.07) is 8.61. The van der Waals surface area contributed by atoms with Crippen molar-refractivity contribution in [2.75, 3.05) is 0 Å². The van der Waals surface area contributed by atoms with Crippen LogP contribution < -0.4 is 0 Å². The number of benzene rings is 2. The van der Waals surface area contributed by atoms with Crippen LogP contribution in [0.5, 0.6) is 0 Å². The number of hydrogen-bond donors (Lipinski definition) is 0. The molecule has 0 spiro atoms. The summed E-state index contributed by atoms with van der Waals surface area (Å²) in [5.41, 5.74) is 12.0. The van der Waals surface area contributed by atoms with Gasteiger partial charge in [-0.25, -0.2) is 0 Å². The van der Waals surface area contributed by atoms with Gasteiger partial charge in [0.2, 0.25) is 0 Å². The van der Waals surface area contributed by atoms with Gasteiger partial charge in [-0.3, -0.25) is 0 Å². The lowest BCUT2D eigenvalue weighted by molar-refractivity contribution is 0.872. The van der Waals surface area contributed by atoms with Gasteiger partial charge in [0.05, 0.1) is 6.20 Å². The summed E-state index contributed by atoms with van der Waals surface area (Å²) in [7, 11) is 0. The predicted molar refractivity (Wildman–Crippen MR) is 99.1 cm³/mol. The second-order valence-corrected chi connectivity index (χ2v) is 6.56. The number of aryl methyl sites for hydroxylation is 2. The van der Waals surface area contributed by atoms with Gasteiger partial charge < -0.3 is 0 Å². The molecule has 0 saturated carbocycles. The van der Waals surface area contributed by atoms with Crippen molar-refractivity contribution in [3.8, 4) is 22.4 Å². The first-order valence-corrected chi connectivity index (χ1v) is 8.24. The molecule has 0 aliphatic heterocycles. The summed E-state index contributed by atoms with van der Waals surface area (Å²) in [6.45, 7) is 12.9. The van der Waals surface area contributed by atoms with Gasteiger partial charge >= 0.3 is 0 Å². The van der Waals surface area contributed by atoms with Gasteiger partial charge in [-0.1, -0.05) is 24.3 Å². The Morgan fingerprint density at radius 2 is 1.12 bits per heavy atom. The summed E-state index contributed by atoms with van der Waals surface area (Å²) in [5.74, 6) is 0. The normalized spacial score (nSPS) is 10.9. The molecule has 3 aromatic rings. The van der Waals surface area contributed by atoms with Crippen LogP contribution in [-0.4, -0.2) is 15.4 Å². The van der Waals surface area contributed by atoms with Gasteiger partial charge in [0, 0.05) is 11.1 Å². The van der Waals surface area contributed by atoms with E-state index in [9.17, 15) is 0 Å². The van der Waals surface area contributed by atoms with Gasteiger partial charge in [-0.05, 0) is 85.7 Å². The van der Waals surface area contributed by atoms with Crippen molar-refractivity contribution in [3.05, 3.63) is 63.8 Å². The molecule has 0 saturated heterocycles. The van der Waals surface area contributed by atoms with Crippen molar-refractivity contribution in [2.24, 2.45) is 0 Å². The molecule has 122 valence electrons. The third-order valence-corrected chi connectivity index (χ3v) is 5.30. The molecular weight excluding hydrogens is 294 g/mol. The maximum atomic E-state index is 4.39. The maximum absolute atomic E-state index is 4.39. The third kappa shape index (κ3) is 2.60. The molecule has 3 rings (SSSR count). The van der Waals surface area contributed by atoms with Gasteiger partial charge in [0.1, 0.15) is 5.69 Å². The smallest absolute Gasteiger partial charge is 0.104 e. The lowest BCUT2D eigenvalue weighted by atomic mass is 9.90. The summed E-state index contributed by atoms with van der Waals surface area (Å²) in [4.78, 5) is 0. The fourth-order valence-corrected chi connectivity index (χ4v) is 3.13. The van der Waals surface area contributed by atoms with Crippen LogP contribution >= 0.6 is 0 Å². The molecule has 1 aromatic heterocycles. The summed E-state index contributed by atoms with van der Waals surface area (Å²) < 4.78 is 0. The molecule has 0 aliphatic rings. The summed E-state index contributed by atoms with van der Waals surface area (Å²) in [5, 5.41) is 12.3. The Morgan fingerprint density at radius 1 is 0.583 bits per heavy atom. The van der Waals surface area contributed by atoms with E-state index in [1.807, 2.05) is 6.20 Å². The molecule has 3 nitrogen and oxygen atoms in total. The van der Waals surface area contributed by atoms with Gasteiger partial charge in [-0.2, -0.15) is 0 Å². The maximum Gasteiger partial charge on any atom is 0.104 e. The Labute approximate surface area is 143 Å². The van der Waals surface area contributed by atoms with Crippen molar-refractivity contribution < 1.29 is 0 Å². The molecule has 0 unspecified atom stereocenters. The lowest BCUT2D eigenvalue weighted by Crippen LogP contribution is -2.00. The van der Waals surface area contributed by atoms with Crippen LogP contribution in [0, 0.1) is 41.5 Å². The first-order valence-electron chi connectivity index (χ1n) is 8.24. The molecule has 0 bridgehead atoms. The molecule has 0 aliphatic carbocycles. The van der Waals surface area contributed by atoms with Crippen LogP contribution in [0.15, 0.2) is 30.5 Å². The SMILES string of the molecule is Cc1ccc(-c2cnnnc2-c2ccc(C)c(C)c2C)c(C)c1C. The molecule has 2 aromatic carbocycles. The zero-order chi connectivity index (χ0) is 17.4. The Morgan fingerprint density at radius 3 is 1.75 bits per heavy atom. The molecule has 0 amide bonds. The third-order valence-electron chi connectivity index (χ3n) is 5.30. The Bertz CT molecular complexity index is 850. The van der Waals surface area contributed by atoms with Crippen LogP contribution in [0.4, 0.5) is 0 Å². The van der Waals surface area contributed by atoms with E-state index in [0.29, 0.717) is 0 Å². The largest absolute Gasteiger partial charge is 0.138 e. The lowest BCUT2D eigenvalue weighted by Gasteiger charge is -2.16. The van der Waals surface area contributed by atoms with Crippen LogP contribution in [0.3, 0.4) is 0 Å². The zero-order valence-electron chi connectivity index (χ0n) is 15.2. The number of aromatic nitrogens is 3. The van der Waals surface area contributed by atoms with E-state index in [0.717, 1.165) is 16.8 Å². The number of hydrogen-bond acceptors (Lipinski definition) is 3. The summed E-state index contributed by atoms with van der Waals surface area (Å²) >= 11 is 0. The average Bonchev–Trinajstić information content (AvgIpc) is 2.58. The minimum absolute atomic E-state index is 0.900. The van der Waals surface area contributed by atoms with Crippen molar-refractivity contribution in [1.29, 1.82) is 0 Å². The van der Waals surface area contributed by atoms with E-state index >= 15 is 0 Å². The monoisotopic (exact) mass is 317 g/mol. The second-order valence-electron chi connectivity index (χ2n) is 6.56. The van der Waals surface area contributed by atoms with E-state index in [1.165, 1.54) is 38.9 Å². The van der Waals surface area contributed by atoms with E-state index in [-0.39, 0.29) is 0 Å². The molecule has 3 heteroatoms. The highest BCUT2D eigenvalue weighted by molar-refractivity contribution is 5.83. The molecule has 0 atom stereocenters. The highest BCUT2D eigenvalue weighted by Gasteiger charge is 2.16. The molecular formula is C21H23N3. The first-order chi connectivity index (χ1) is 11.4. The van der Waals surface area contributed by atoms with Crippen molar-refractivity contribution in [3.63, 3.8) is 0 Å². The van der Waals surface area contributed by atoms with Crippen LogP contribution in [-0.2, 0) is 0 Å². The molecule has 1 heterocycles.